The fourth-order valence-corrected chi connectivity index (χ4v) is 0.459. The van der Waals surface area contributed by atoms with Gasteiger partial charge in [0.05, 0.1) is 0 Å². The molecule has 0 fully saturated rings. The SMILES string of the molecule is CC(C)/C=C\C#CC(C)(C)O. The van der Waals surface area contributed by atoms with Crippen molar-refractivity contribution >= 4 is 0 Å². The minimum Gasteiger partial charge on any atom is -0.378 e. The van der Waals surface area contributed by atoms with Crippen molar-refractivity contribution in [3.8, 4) is 11.8 Å². The maximum absolute atomic E-state index is 9.18. The molecule has 1 heteroatoms. The van der Waals surface area contributed by atoms with Gasteiger partial charge < -0.3 is 5.11 Å². The molecule has 0 amide bonds. The Hall–Kier alpha value is -0.740. The lowest BCUT2D eigenvalue weighted by atomic mass is 10.1. The minimum atomic E-state index is -0.874. The predicted octanol–water partition coefficient (Wildman–Crippen LogP) is 1.97. The quantitative estimate of drug-likeness (QED) is 0.569. The highest BCUT2D eigenvalue weighted by Gasteiger charge is 2.04. The standard InChI is InChI=1S/C10H16O/c1-9(2)7-5-6-8-10(3,4)11/h5,7,9,11H,1-4H3/b7-5-. The summed E-state index contributed by atoms with van der Waals surface area (Å²) in [5.41, 5.74) is -0.874. The van der Waals surface area contributed by atoms with Gasteiger partial charge in [-0.15, -0.1) is 0 Å². The predicted molar refractivity (Wildman–Crippen MR) is 48.1 cm³/mol. The Morgan fingerprint density at radius 3 is 2.27 bits per heavy atom. The molecule has 0 atom stereocenters. The van der Waals surface area contributed by atoms with Crippen LogP contribution in [-0.4, -0.2) is 10.7 Å². The van der Waals surface area contributed by atoms with Gasteiger partial charge in [-0.05, 0) is 25.8 Å². The van der Waals surface area contributed by atoms with Crippen LogP contribution in [0.4, 0.5) is 0 Å². The Morgan fingerprint density at radius 2 is 1.91 bits per heavy atom. The highest BCUT2D eigenvalue weighted by Crippen LogP contribution is 1.97. The van der Waals surface area contributed by atoms with E-state index in [-0.39, 0.29) is 0 Å². The van der Waals surface area contributed by atoms with Crippen LogP contribution in [0.2, 0.25) is 0 Å². The first kappa shape index (κ1) is 10.3. The molecule has 0 aliphatic rings. The summed E-state index contributed by atoms with van der Waals surface area (Å²) in [5, 5.41) is 9.18. The van der Waals surface area contributed by atoms with Gasteiger partial charge in [-0.3, -0.25) is 0 Å². The summed E-state index contributed by atoms with van der Waals surface area (Å²) >= 11 is 0. The summed E-state index contributed by atoms with van der Waals surface area (Å²) in [7, 11) is 0. The zero-order chi connectivity index (χ0) is 8.91. The second kappa shape index (κ2) is 4.20. The lowest BCUT2D eigenvalue weighted by molar-refractivity contribution is 0.143. The minimum absolute atomic E-state index is 0.520. The summed E-state index contributed by atoms with van der Waals surface area (Å²) in [4.78, 5) is 0. The van der Waals surface area contributed by atoms with Gasteiger partial charge in [-0.25, -0.2) is 0 Å². The number of rotatable bonds is 1. The van der Waals surface area contributed by atoms with Crippen molar-refractivity contribution in [2.24, 2.45) is 5.92 Å². The van der Waals surface area contributed by atoms with Crippen molar-refractivity contribution in [2.45, 2.75) is 33.3 Å². The van der Waals surface area contributed by atoms with E-state index < -0.39 is 5.60 Å². The molecule has 0 radical (unpaired) electrons. The molecular formula is C10H16O. The van der Waals surface area contributed by atoms with E-state index in [1.807, 2.05) is 6.08 Å². The van der Waals surface area contributed by atoms with Crippen molar-refractivity contribution < 1.29 is 5.11 Å². The van der Waals surface area contributed by atoms with Gasteiger partial charge in [0.25, 0.3) is 0 Å². The van der Waals surface area contributed by atoms with Crippen molar-refractivity contribution in [3.63, 3.8) is 0 Å². The average Bonchev–Trinajstić information content (AvgIpc) is 1.78. The van der Waals surface area contributed by atoms with Crippen LogP contribution in [0.25, 0.3) is 0 Å². The first-order chi connectivity index (χ1) is 4.92. The molecule has 0 saturated heterocycles. The third kappa shape index (κ3) is 9.26. The zero-order valence-electron chi connectivity index (χ0n) is 7.68. The summed E-state index contributed by atoms with van der Waals surface area (Å²) in [6.45, 7) is 7.51. The Labute approximate surface area is 69.1 Å². The molecule has 62 valence electrons. The van der Waals surface area contributed by atoms with Gasteiger partial charge >= 0.3 is 0 Å². The second-order valence-corrected chi connectivity index (χ2v) is 3.43. The molecule has 11 heavy (non-hydrogen) atoms. The molecule has 0 aliphatic heterocycles. The largest absolute Gasteiger partial charge is 0.378 e. The molecule has 0 aliphatic carbocycles. The van der Waals surface area contributed by atoms with E-state index in [4.69, 9.17) is 0 Å². The van der Waals surface area contributed by atoms with Crippen molar-refractivity contribution in [1.82, 2.24) is 0 Å². The molecule has 0 spiro atoms. The van der Waals surface area contributed by atoms with Crippen LogP contribution in [0.1, 0.15) is 27.7 Å². The van der Waals surface area contributed by atoms with E-state index in [0.717, 1.165) is 0 Å². The van der Waals surface area contributed by atoms with E-state index in [1.54, 1.807) is 19.9 Å². The molecule has 0 aromatic rings. The van der Waals surface area contributed by atoms with Crippen molar-refractivity contribution in [2.75, 3.05) is 0 Å². The van der Waals surface area contributed by atoms with Crippen LogP contribution < -0.4 is 0 Å². The topological polar surface area (TPSA) is 20.2 Å². The number of allylic oxidation sites excluding steroid dienone is 2. The Morgan fingerprint density at radius 1 is 1.36 bits per heavy atom. The average molecular weight is 152 g/mol. The maximum atomic E-state index is 9.18. The van der Waals surface area contributed by atoms with Gasteiger partial charge in [0.1, 0.15) is 5.60 Å². The third-order valence-corrected chi connectivity index (χ3v) is 0.943. The van der Waals surface area contributed by atoms with E-state index >= 15 is 0 Å². The summed E-state index contributed by atoms with van der Waals surface area (Å²) in [6, 6.07) is 0. The third-order valence-electron chi connectivity index (χ3n) is 0.943. The highest BCUT2D eigenvalue weighted by atomic mass is 16.3. The van der Waals surface area contributed by atoms with Crippen LogP contribution in [0, 0.1) is 17.8 Å². The molecule has 0 rings (SSSR count). The fourth-order valence-electron chi connectivity index (χ4n) is 0.459. The van der Waals surface area contributed by atoms with Gasteiger partial charge in [-0.1, -0.05) is 31.8 Å². The lowest BCUT2D eigenvalue weighted by Crippen LogP contribution is -2.14. The molecule has 0 aromatic heterocycles. The summed E-state index contributed by atoms with van der Waals surface area (Å²) in [6.07, 6.45) is 3.78. The fraction of sp³-hybridized carbons (Fsp3) is 0.600. The van der Waals surface area contributed by atoms with Gasteiger partial charge in [0.15, 0.2) is 0 Å². The molecule has 1 N–H and O–H groups in total. The van der Waals surface area contributed by atoms with Crippen LogP contribution in [-0.2, 0) is 0 Å². The van der Waals surface area contributed by atoms with Gasteiger partial charge in [0.2, 0.25) is 0 Å². The number of hydrogen-bond donors (Lipinski definition) is 1. The molecule has 1 nitrogen and oxygen atoms in total. The van der Waals surface area contributed by atoms with Crippen LogP contribution in [0.5, 0.6) is 0 Å². The van der Waals surface area contributed by atoms with Crippen molar-refractivity contribution in [3.05, 3.63) is 12.2 Å². The maximum Gasteiger partial charge on any atom is 0.120 e. The normalized spacial score (nSPS) is 11.8. The summed E-state index contributed by atoms with van der Waals surface area (Å²) < 4.78 is 0. The number of aliphatic hydroxyl groups is 1. The van der Waals surface area contributed by atoms with E-state index in [0.29, 0.717) is 5.92 Å². The van der Waals surface area contributed by atoms with Crippen LogP contribution in [0.15, 0.2) is 12.2 Å². The Bertz CT molecular complexity index is 183. The Balaban J connectivity index is 3.92. The first-order valence-electron chi connectivity index (χ1n) is 3.83. The van der Waals surface area contributed by atoms with E-state index in [9.17, 15) is 5.11 Å². The van der Waals surface area contributed by atoms with E-state index in [2.05, 4.69) is 25.7 Å². The first-order valence-corrected chi connectivity index (χ1v) is 3.83. The Kier molecular flexibility index (Phi) is 3.92. The molecule has 0 aromatic carbocycles. The molecular weight excluding hydrogens is 136 g/mol. The highest BCUT2D eigenvalue weighted by molar-refractivity contribution is 5.20. The molecule has 0 unspecified atom stereocenters. The van der Waals surface area contributed by atoms with Crippen molar-refractivity contribution in [1.29, 1.82) is 0 Å². The molecule has 0 saturated carbocycles. The van der Waals surface area contributed by atoms with Crippen LogP contribution in [0.3, 0.4) is 0 Å². The smallest absolute Gasteiger partial charge is 0.120 e. The van der Waals surface area contributed by atoms with E-state index in [1.165, 1.54) is 0 Å². The monoisotopic (exact) mass is 152 g/mol. The second-order valence-electron chi connectivity index (χ2n) is 3.43. The molecule has 0 heterocycles. The summed E-state index contributed by atoms with van der Waals surface area (Å²) in [5.74, 6) is 5.99. The van der Waals surface area contributed by atoms with Gasteiger partial charge in [0, 0.05) is 0 Å². The van der Waals surface area contributed by atoms with Crippen LogP contribution >= 0.6 is 0 Å². The molecule has 0 bridgehead atoms. The zero-order valence-corrected chi connectivity index (χ0v) is 7.68. The number of hydrogen-bond acceptors (Lipinski definition) is 1. The van der Waals surface area contributed by atoms with Gasteiger partial charge in [-0.2, -0.15) is 0 Å². The lowest BCUT2D eigenvalue weighted by Gasteiger charge is -2.05.